The summed E-state index contributed by atoms with van der Waals surface area (Å²) in [5, 5.41) is 9.25. The number of rotatable bonds is 2. The minimum Gasteiger partial charge on any atom is -0.352 e. The quantitative estimate of drug-likeness (QED) is 0.555. The Bertz CT molecular complexity index is 1210. The second kappa shape index (κ2) is 6.46. The lowest BCUT2D eigenvalue weighted by molar-refractivity contribution is 0.0946. The molecule has 0 fully saturated rings. The van der Waals surface area contributed by atoms with E-state index in [4.69, 9.17) is 21.7 Å². The van der Waals surface area contributed by atoms with Gasteiger partial charge in [0, 0.05) is 23.6 Å². The first-order valence-electron chi connectivity index (χ1n) is 9.15. The number of nitrogens with one attached hydrogen (secondary N) is 1. The Hall–Kier alpha value is -3.18. The van der Waals surface area contributed by atoms with Gasteiger partial charge in [-0.1, -0.05) is 41.9 Å². The van der Waals surface area contributed by atoms with Crippen molar-refractivity contribution >= 4 is 28.5 Å². The maximum Gasteiger partial charge on any atom is 0.253 e. The molecule has 0 aliphatic carbocycles. The van der Waals surface area contributed by atoms with E-state index < -0.39 is 0 Å². The van der Waals surface area contributed by atoms with Crippen LogP contribution in [0, 0.1) is 6.92 Å². The highest BCUT2D eigenvalue weighted by Gasteiger charge is 2.28. The fourth-order valence-electron chi connectivity index (χ4n) is 3.83. The summed E-state index contributed by atoms with van der Waals surface area (Å²) in [7, 11) is 0. The highest BCUT2D eigenvalue weighted by molar-refractivity contribution is 6.30. The monoisotopic (exact) mass is 388 g/mol. The minimum atomic E-state index is -0.0903. The number of nitrogens with zero attached hydrogens (tertiary/aromatic N) is 3. The average Bonchev–Trinajstić information content (AvgIpc) is 3.04. The van der Waals surface area contributed by atoms with Crippen molar-refractivity contribution in [3.8, 4) is 16.8 Å². The van der Waals surface area contributed by atoms with Crippen molar-refractivity contribution in [3.63, 3.8) is 0 Å². The lowest BCUT2D eigenvalue weighted by Crippen LogP contribution is -2.33. The number of carbonyl (C=O) groups is 1. The fraction of sp³-hybridized carbons (Fsp3) is 0.136. The molecule has 0 atom stereocenters. The zero-order valence-electron chi connectivity index (χ0n) is 15.2. The standard InChI is InChI=1S/C22H17ClN4O/c1-13-18-19(14-7-9-15(23)10-8-14)20-17(11-12-24-22(20)28)25-21(18)27(26-13)16-5-3-2-4-6-16/h2-10H,11-12H2,1H3,(H,24,28). The van der Waals surface area contributed by atoms with Gasteiger partial charge in [0.05, 0.1) is 28.0 Å². The average molecular weight is 389 g/mol. The summed E-state index contributed by atoms with van der Waals surface area (Å²) < 4.78 is 1.86. The molecular weight excluding hydrogens is 372 g/mol. The van der Waals surface area contributed by atoms with Crippen LogP contribution in [0.3, 0.4) is 0 Å². The van der Waals surface area contributed by atoms with E-state index >= 15 is 0 Å². The molecule has 1 aliphatic rings. The number of fused-ring (bicyclic) bond motifs is 2. The number of para-hydroxylation sites is 1. The number of carbonyl (C=O) groups excluding carboxylic acids is 1. The van der Waals surface area contributed by atoms with Gasteiger partial charge >= 0.3 is 0 Å². The van der Waals surface area contributed by atoms with E-state index in [-0.39, 0.29) is 5.91 Å². The van der Waals surface area contributed by atoms with Crippen LogP contribution in [0.15, 0.2) is 54.6 Å². The zero-order chi connectivity index (χ0) is 19.3. The molecule has 2 aromatic heterocycles. The fourth-order valence-corrected chi connectivity index (χ4v) is 3.95. The van der Waals surface area contributed by atoms with Crippen LogP contribution in [-0.4, -0.2) is 27.2 Å². The second-order valence-electron chi connectivity index (χ2n) is 6.85. The molecule has 5 nitrogen and oxygen atoms in total. The first-order valence-corrected chi connectivity index (χ1v) is 9.53. The Labute approximate surface area is 167 Å². The number of aryl methyl sites for hydroxylation is 1. The van der Waals surface area contributed by atoms with Crippen LogP contribution in [0.1, 0.15) is 21.7 Å². The van der Waals surface area contributed by atoms with Crippen molar-refractivity contribution in [1.29, 1.82) is 0 Å². The largest absolute Gasteiger partial charge is 0.352 e. The summed E-state index contributed by atoms with van der Waals surface area (Å²) in [6.07, 6.45) is 0.691. The molecule has 5 rings (SSSR count). The first-order chi connectivity index (χ1) is 13.6. The summed E-state index contributed by atoms with van der Waals surface area (Å²) in [4.78, 5) is 17.7. The Morgan fingerprint density at radius 3 is 2.54 bits per heavy atom. The van der Waals surface area contributed by atoms with Crippen molar-refractivity contribution in [1.82, 2.24) is 20.1 Å². The second-order valence-corrected chi connectivity index (χ2v) is 7.29. The molecule has 0 saturated heterocycles. The lowest BCUT2D eigenvalue weighted by atomic mass is 9.92. The van der Waals surface area contributed by atoms with Crippen LogP contribution in [0.2, 0.25) is 5.02 Å². The first kappa shape index (κ1) is 17.0. The summed E-state index contributed by atoms with van der Waals surface area (Å²) in [5.74, 6) is -0.0903. The highest BCUT2D eigenvalue weighted by Crippen LogP contribution is 2.37. The van der Waals surface area contributed by atoms with Crippen LogP contribution in [0.5, 0.6) is 0 Å². The molecule has 1 aliphatic heterocycles. The molecule has 28 heavy (non-hydrogen) atoms. The van der Waals surface area contributed by atoms with E-state index in [1.165, 1.54) is 0 Å². The van der Waals surface area contributed by atoms with E-state index in [9.17, 15) is 4.79 Å². The van der Waals surface area contributed by atoms with E-state index in [0.717, 1.165) is 39.2 Å². The minimum absolute atomic E-state index is 0.0903. The SMILES string of the molecule is Cc1nn(-c2ccccc2)c2nc3c(c(-c4ccc(Cl)cc4)c12)C(=O)NCC3. The Morgan fingerprint density at radius 1 is 1.04 bits per heavy atom. The molecule has 4 aromatic rings. The topological polar surface area (TPSA) is 59.8 Å². The number of amides is 1. The van der Waals surface area contributed by atoms with Crippen molar-refractivity contribution < 1.29 is 4.79 Å². The molecule has 2 aromatic carbocycles. The number of pyridine rings is 1. The lowest BCUT2D eigenvalue weighted by Gasteiger charge is -2.20. The third-order valence-electron chi connectivity index (χ3n) is 5.07. The molecule has 138 valence electrons. The molecule has 0 saturated carbocycles. The normalized spacial score (nSPS) is 13.4. The molecular formula is C22H17ClN4O. The van der Waals surface area contributed by atoms with Crippen molar-refractivity contribution in [3.05, 3.63) is 76.6 Å². The molecule has 0 radical (unpaired) electrons. The third-order valence-corrected chi connectivity index (χ3v) is 5.33. The molecule has 3 heterocycles. The van der Waals surface area contributed by atoms with E-state index in [2.05, 4.69) is 5.32 Å². The van der Waals surface area contributed by atoms with Gasteiger partial charge in [-0.25, -0.2) is 9.67 Å². The Kier molecular flexibility index (Phi) is 3.91. The third kappa shape index (κ3) is 2.59. The van der Waals surface area contributed by atoms with Gasteiger partial charge in [0.2, 0.25) is 0 Å². The van der Waals surface area contributed by atoms with E-state index in [1.54, 1.807) is 0 Å². The van der Waals surface area contributed by atoms with Crippen molar-refractivity contribution in [2.45, 2.75) is 13.3 Å². The van der Waals surface area contributed by atoms with Gasteiger partial charge in [-0.2, -0.15) is 5.10 Å². The summed E-state index contributed by atoms with van der Waals surface area (Å²) in [6, 6.07) is 17.5. The molecule has 6 heteroatoms. The molecule has 0 spiro atoms. The van der Waals surface area contributed by atoms with Crippen LogP contribution < -0.4 is 5.32 Å². The van der Waals surface area contributed by atoms with Gasteiger partial charge in [-0.05, 0) is 36.8 Å². The number of aromatic nitrogens is 3. The maximum atomic E-state index is 12.8. The number of hydrogen-bond donors (Lipinski definition) is 1. The zero-order valence-corrected chi connectivity index (χ0v) is 16.0. The van der Waals surface area contributed by atoms with Crippen LogP contribution in [-0.2, 0) is 6.42 Å². The predicted octanol–water partition coefficient (Wildman–Crippen LogP) is 4.34. The van der Waals surface area contributed by atoms with Gasteiger partial charge < -0.3 is 5.32 Å². The van der Waals surface area contributed by atoms with E-state index in [1.807, 2.05) is 66.2 Å². The van der Waals surface area contributed by atoms with Crippen LogP contribution >= 0.6 is 11.6 Å². The maximum absolute atomic E-state index is 12.8. The van der Waals surface area contributed by atoms with Gasteiger partial charge in [0.25, 0.3) is 5.91 Å². The molecule has 1 amide bonds. The van der Waals surface area contributed by atoms with Gasteiger partial charge in [-0.15, -0.1) is 0 Å². The van der Waals surface area contributed by atoms with E-state index in [0.29, 0.717) is 23.6 Å². The number of halogens is 1. The molecule has 0 unspecified atom stereocenters. The van der Waals surface area contributed by atoms with Crippen molar-refractivity contribution in [2.24, 2.45) is 0 Å². The van der Waals surface area contributed by atoms with Gasteiger partial charge in [0.15, 0.2) is 5.65 Å². The summed E-state index contributed by atoms with van der Waals surface area (Å²) >= 11 is 6.10. The highest BCUT2D eigenvalue weighted by atomic mass is 35.5. The summed E-state index contributed by atoms with van der Waals surface area (Å²) in [5.41, 5.74) is 5.78. The Balaban J connectivity index is 1.90. The predicted molar refractivity (Wildman–Crippen MR) is 110 cm³/mol. The van der Waals surface area contributed by atoms with Crippen LogP contribution in [0.25, 0.3) is 27.8 Å². The van der Waals surface area contributed by atoms with Crippen molar-refractivity contribution in [2.75, 3.05) is 6.54 Å². The summed E-state index contributed by atoms with van der Waals surface area (Å²) in [6.45, 7) is 2.54. The Morgan fingerprint density at radius 2 is 1.79 bits per heavy atom. The molecule has 1 N–H and O–H groups in total. The van der Waals surface area contributed by atoms with Gasteiger partial charge in [0.1, 0.15) is 0 Å². The van der Waals surface area contributed by atoms with Gasteiger partial charge in [-0.3, -0.25) is 4.79 Å². The number of hydrogen-bond acceptors (Lipinski definition) is 3. The molecule has 0 bridgehead atoms. The number of benzene rings is 2. The smallest absolute Gasteiger partial charge is 0.253 e. The van der Waals surface area contributed by atoms with Crippen LogP contribution in [0.4, 0.5) is 0 Å².